The maximum atomic E-state index is 12.1. The van der Waals surface area contributed by atoms with Crippen LogP contribution in [0.5, 0.6) is 0 Å². The molecule has 0 saturated carbocycles. The predicted molar refractivity (Wildman–Crippen MR) is 71.7 cm³/mol. The van der Waals surface area contributed by atoms with Crippen LogP contribution in [-0.4, -0.2) is 41.9 Å². The van der Waals surface area contributed by atoms with Crippen molar-refractivity contribution in [3.05, 3.63) is 12.3 Å². The van der Waals surface area contributed by atoms with Crippen molar-refractivity contribution in [1.82, 2.24) is 9.80 Å². The molecule has 1 aliphatic rings. The van der Waals surface area contributed by atoms with Crippen molar-refractivity contribution in [2.24, 2.45) is 0 Å². The molecule has 1 saturated heterocycles. The van der Waals surface area contributed by atoms with Gasteiger partial charge in [0.05, 0.1) is 6.54 Å². The van der Waals surface area contributed by atoms with Crippen LogP contribution in [0.2, 0.25) is 0 Å². The van der Waals surface area contributed by atoms with Gasteiger partial charge in [-0.25, -0.2) is 0 Å². The van der Waals surface area contributed by atoms with Crippen molar-refractivity contribution in [2.45, 2.75) is 46.0 Å². The average molecular weight is 238 g/mol. The van der Waals surface area contributed by atoms with Gasteiger partial charge < -0.3 is 9.80 Å². The topological polar surface area (TPSA) is 23.6 Å². The van der Waals surface area contributed by atoms with Crippen LogP contribution in [0, 0.1) is 0 Å². The predicted octanol–water partition coefficient (Wildman–Crippen LogP) is 2.63. The molecule has 98 valence electrons. The maximum Gasteiger partial charge on any atom is 0.242 e. The van der Waals surface area contributed by atoms with Gasteiger partial charge in [0.15, 0.2) is 0 Å². The van der Waals surface area contributed by atoms with E-state index in [0.29, 0.717) is 6.54 Å². The molecule has 1 heterocycles. The largest absolute Gasteiger partial charge is 0.366 e. The summed E-state index contributed by atoms with van der Waals surface area (Å²) in [6.07, 6.45) is 5.74. The number of allylic oxidation sites excluding steroid dienone is 1. The molecule has 1 aliphatic heterocycles. The first-order valence-electron chi connectivity index (χ1n) is 6.89. The van der Waals surface area contributed by atoms with Crippen LogP contribution in [0.1, 0.15) is 46.0 Å². The SMILES string of the molecule is C=C1CCCCCN1CC(=O)N(CC)CCC. The van der Waals surface area contributed by atoms with Gasteiger partial charge in [0.25, 0.3) is 0 Å². The molecule has 17 heavy (non-hydrogen) atoms. The molecule has 0 aromatic heterocycles. The lowest BCUT2D eigenvalue weighted by Crippen LogP contribution is -2.40. The third kappa shape index (κ3) is 4.41. The van der Waals surface area contributed by atoms with E-state index in [1.165, 1.54) is 19.3 Å². The minimum absolute atomic E-state index is 0.248. The molecule has 0 radical (unpaired) electrons. The summed E-state index contributed by atoms with van der Waals surface area (Å²) in [5.41, 5.74) is 1.14. The molecule has 3 nitrogen and oxygen atoms in total. The number of likely N-dealkylation sites (tertiary alicyclic amines) is 1. The number of amides is 1. The minimum Gasteiger partial charge on any atom is -0.366 e. The third-order valence-electron chi connectivity index (χ3n) is 3.39. The van der Waals surface area contributed by atoms with Crippen LogP contribution in [0.15, 0.2) is 12.3 Å². The normalized spacial score (nSPS) is 16.8. The Morgan fingerprint density at radius 2 is 2.12 bits per heavy atom. The summed E-state index contributed by atoms with van der Waals surface area (Å²) in [6, 6.07) is 0. The molecule has 3 heteroatoms. The second kappa shape index (κ2) is 7.36. The zero-order valence-corrected chi connectivity index (χ0v) is 11.4. The maximum absolute atomic E-state index is 12.1. The number of likely N-dealkylation sites (N-methyl/N-ethyl adjacent to an activating group) is 1. The molecule has 1 amide bonds. The van der Waals surface area contributed by atoms with Crippen LogP contribution in [0.3, 0.4) is 0 Å². The van der Waals surface area contributed by atoms with Gasteiger partial charge in [-0.2, -0.15) is 0 Å². The second-order valence-corrected chi connectivity index (χ2v) is 4.77. The minimum atomic E-state index is 0.248. The van der Waals surface area contributed by atoms with E-state index in [9.17, 15) is 4.79 Å². The summed E-state index contributed by atoms with van der Waals surface area (Å²) >= 11 is 0. The number of carbonyl (C=O) groups excluding carboxylic acids is 1. The molecular formula is C14H26N2O. The first-order chi connectivity index (χ1) is 8.19. The lowest BCUT2D eigenvalue weighted by atomic mass is 10.2. The summed E-state index contributed by atoms with van der Waals surface area (Å²) in [4.78, 5) is 16.3. The van der Waals surface area contributed by atoms with Crippen molar-refractivity contribution in [3.63, 3.8) is 0 Å². The molecule has 0 bridgehead atoms. The van der Waals surface area contributed by atoms with E-state index in [-0.39, 0.29) is 5.91 Å². The highest BCUT2D eigenvalue weighted by Crippen LogP contribution is 2.18. The summed E-state index contributed by atoms with van der Waals surface area (Å²) in [5.74, 6) is 0.248. The Morgan fingerprint density at radius 1 is 1.35 bits per heavy atom. The first-order valence-corrected chi connectivity index (χ1v) is 6.89. The van der Waals surface area contributed by atoms with E-state index in [0.717, 1.165) is 38.2 Å². The zero-order chi connectivity index (χ0) is 12.7. The van der Waals surface area contributed by atoms with Gasteiger partial charge in [-0.3, -0.25) is 4.79 Å². The van der Waals surface area contributed by atoms with Crippen molar-refractivity contribution < 1.29 is 4.79 Å². The number of carbonyl (C=O) groups is 1. The Kier molecular flexibility index (Phi) is 6.09. The molecule has 0 aromatic rings. The smallest absolute Gasteiger partial charge is 0.242 e. The molecule has 0 unspecified atom stereocenters. The Labute approximate surface area is 105 Å². The van der Waals surface area contributed by atoms with Gasteiger partial charge in [-0.15, -0.1) is 0 Å². The van der Waals surface area contributed by atoms with Gasteiger partial charge in [-0.05, 0) is 32.6 Å². The Bertz CT molecular complexity index is 263. The highest BCUT2D eigenvalue weighted by Gasteiger charge is 2.18. The fraction of sp³-hybridized carbons (Fsp3) is 0.786. The van der Waals surface area contributed by atoms with Gasteiger partial charge in [0, 0.05) is 25.3 Å². The molecule has 0 aliphatic carbocycles. The van der Waals surface area contributed by atoms with Crippen LogP contribution < -0.4 is 0 Å². The third-order valence-corrected chi connectivity index (χ3v) is 3.39. The van der Waals surface area contributed by atoms with E-state index < -0.39 is 0 Å². The molecular weight excluding hydrogens is 212 g/mol. The summed E-state index contributed by atoms with van der Waals surface area (Å²) < 4.78 is 0. The molecule has 0 aromatic carbocycles. The van der Waals surface area contributed by atoms with E-state index in [2.05, 4.69) is 18.4 Å². The first kappa shape index (κ1) is 14.1. The number of rotatable bonds is 5. The lowest BCUT2D eigenvalue weighted by molar-refractivity contribution is -0.131. The fourth-order valence-corrected chi connectivity index (χ4v) is 2.31. The Hall–Kier alpha value is -0.990. The monoisotopic (exact) mass is 238 g/mol. The van der Waals surface area contributed by atoms with E-state index in [4.69, 9.17) is 0 Å². The Balaban J connectivity index is 2.50. The number of hydrogen-bond acceptors (Lipinski definition) is 2. The van der Waals surface area contributed by atoms with Gasteiger partial charge in [0.1, 0.15) is 0 Å². The summed E-state index contributed by atoms with van der Waals surface area (Å²) in [6.45, 7) is 11.5. The highest BCUT2D eigenvalue weighted by atomic mass is 16.2. The molecule has 1 fully saturated rings. The highest BCUT2D eigenvalue weighted by molar-refractivity contribution is 5.78. The average Bonchev–Trinajstić information content (AvgIpc) is 2.52. The zero-order valence-electron chi connectivity index (χ0n) is 11.4. The second-order valence-electron chi connectivity index (χ2n) is 4.77. The van der Waals surface area contributed by atoms with Gasteiger partial charge in [-0.1, -0.05) is 19.9 Å². The van der Waals surface area contributed by atoms with Gasteiger partial charge in [0.2, 0.25) is 5.91 Å². The van der Waals surface area contributed by atoms with Crippen LogP contribution in [-0.2, 0) is 4.79 Å². The molecule has 0 N–H and O–H groups in total. The van der Waals surface area contributed by atoms with Crippen LogP contribution >= 0.6 is 0 Å². The summed E-state index contributed by atoms with van der Waals surface area (Å²) in [5, 5.41) is 0. The van der Waals surface area contributed by atoms with Crippen molar-refractivity contribution >= 4 is 5.91 Å². The standard InChI is InChI=1S/C14H26N2O/c1-4-10-15(5-2)14(17)12-16-11-8-6-7-9-13(16)3/h3-12H2,1-2H3. The van der Waals surface area contributed by atoms with Crippen LogP contribution in [0.4, 0.5) is 0 Å². The number of nitrogens with zero attached hydrogens (tertiary/aromatic N) is 2. The molecule has 0 spiro atoms. The summed E-state index contributed by atoms with van der Waals surface area (Å²) in [7, 11) is 0. The molecule has 0 atom stereocenters. The van der Waals surface area contributed by atoms with Crippen molar-refractivity contribution in [1.29, 1.82) is 0 Å². The van der Waals surface area contributed by atoms with Crippen molar-refractivity contribution in [2.75, 3.05) is 26.2 Å². The van der Waals surface area contributed by atoms with E-state index in [1.54, 1.807) is 0 Å². The lowest BCUT2D eigenvalue weighted by Gasteiger charge is -2.28. The quantitative estimate of drug-likeness (QED) is 0.735. The van der Waals surface area contributed by atoms with E-state index in [1.807, 2.05) is 11.8 Å². The van der Waals surface area contributed by atoms with E-state index >= 15 is 0 Å². The number of hydrogen-bond donors (Lipinski definition) is 0. The van der Waals surface area contributed by atoms with Crippen molar-refractivity contribution in [3.8, 4) is 0 Å². The fourth-order valence-electron chi connectivity index (χ4n) is 2.31. The Morgan fingerprint density at radius 3 is 2.76 bits per heavy atom. The van der Waals surface area contributed by atoms with Gasteiger partial charge >= 0.3 is 0 Å². The van der Waals surface area contributed by atoms with Crippen LogP contribution in [0.25, 0.3) is 0 Å². The molecule has 1 rings (SSSR count).